The van der Waals surface area contributed by atoms with E-state index in [1.807, 2.05) is 6.92 Å². The van der Waals surface area contributed by atoms with Gasteiger partial charge in [0.1, 0.15) is 5.82 Å². The predicted octanol–water partition coefficient (Wildman–Crippen LogP) is 0.124. The molecular formula is C12H14N4O2. The smallest absolute Gasteiger partial charge is 0.328 e. The lowest BCUT2D eigenvalue weighted by Crippen LogP contribution is -2.32. The average molecular weight is 246 g/mol. The molecular weight excluding hydrogens is 232 g/mol. The molecule has 0 atom stereocenters. The van der Waals surface area contributed by atoms with Crippen LogP contribution in [-0.2, 0) is 13.0 Å². The van der Waals surface area contributed by atoms with Gasteiger partial charge in [0, 0.05) is 11.8 Å². The van der Waals surface area contributed by atoms with Crippen molar-refractivity contribution < 1.29 is 0 Å². The van der Waals surface area contributed by atoms with Crippen molar-refractivity contribution in [3.05, 3.63) is 56.5 Å². The summed E-state index contributed by atoms with van der Waals surface area (Å²) in [6.07, 6.45) is 2.13. The van der Waals surface area contributed by atoms with Crippen molar-refractivity contribution in [2.24, 2.45) is 0 Å². The molecule has 2 aromatic rings. The topological polar surface area (TPSA) is 93.8 Å². The first-order valence-electron chi connectivity index (χ1n) is 5.64. The van der Waals surface area contributed by atoms with Crippen molar-refractivity contribution in [3.8, 4) is 0 Å². The van der Waals surface area contributed by atoms with E-state index in [0.29, 0.717) is 23.5 Å². The van der Waals surface area contributed by atoms with Crippen LogP contribution in [0.15, 0.2) is 34.0 Å². The fourth-order valence-electron chi connectivity index (χ4n) is 1.68. The van der Waals surface area contributed by atoms with Crippen LogP contribution in [0.1, 0.15) is 18.2 Å². The zero-order valence-electron chi connectivity index (χ0n) is 10.0. The van der Waals surface area contributed by atoms with Gasteiger partial charge in [-0.2, -0.15) is 0 Å². The monoisotopic (exact) mass is 246 g/mol. The summed E-state index contributed by atoms with van der Waals surface area (Å²) in [7, 11) is 0. The highest BCUT2D eigenvalue weighted by Crippen LogP contribution is 2.02. The minimum Gasteiger partial charge on any atom is -0.384 e. The summed E-state index contributed by atoms with van der Waals surface area (Å²) in [5.41, 5.74) is 6.04. The van der Waals surface area contributed by atoms with E-state index in [1.54, 1.807) is 24.4 Å². The Morgan fingerprint density at radius 1 is 1.39 bits per heavy atom. The van der Waals surface area contributed by atoms with Crippen LogP contribution in [0.2, 0.25) is 0 Å². The first-order valence-corrected chi connectivity index (χ1v) is 5.64. The summed E-state index contributed by atoms with van der Waals surface area (Å²) in [6.45, 7) is 2.14. The Kier molecular flexibility index (Phi) is 3.27. The predicted molar refractivity (Wildman–Crippen MR) is 68.5 cm³/mol. The van der Waals surface area contributed by atoms with Gasteiger partial charge >= 0.3 is 5.69 Å². The molecule has 0 fully saturated rings. The zero-order chi connectivity index (χ0) is 13.1. The number of nitrogen functional groups attached to an aromatic ring is 1. The average Bonchev–Trinajstić information content (AvgIpc) is 2.33. The number of H-pyrrole nitrogens is 1. The van der Waals surface area contributed by atoms with Crippen molar-refractivity contribution in [3.63, 3.8) is 0 Å². The van der Waals surface area contributed by atoms with Crippen LogP contribution in [0.5, 0.6) is 0 Å². The molecule has 0 saturated carbocycles. The number of nitrogens with zero attached hydrogens (tertiary/aromatic N) is 2. The minimum absolute atomic E-state index is 0.285. The van der Waals surface area contributed by atoms with Gasteiger partial charge in [0.15, 0.2) is 0 Å². The Hall–Kier alpha value is -2.37. The third-order valence-electron chi connectivity index (χ3n) is 2.63. The quantitative estimate of drug-likeness (QED) is 0.804. The van der Waals surface area contributed by atoms with Gasteiger partial charge in [0.2, 0.25) is 0 Å². The van der Waals surface area contributed by atoms with Gasteiger partial charge in [-0.1, -0.05) is 13.0 Å². The lowest BCUT2D eigenvalue weighted by molar-refractivity contribution is 0.694. The Morgan fingerprint density at radius 3 is 2.83 bits per heavy atom. The maximum absolute atomic E-state index is 11.6. The fourth-order valence-corrected chi connectivity index (χ4v) is 1.68. The number of nitrogens with one attached hydrogen (secondary N) is 1. The first kappa shape index (κ1) is 12.1. The number of anilines is 1. The molecule has 3 N–H and O–H groups in total. The Bertz CT molecular complexity index is 672. The normalized spacial score (nSPS) is 10.5. The molecule has 18 heavy (non-hydrogen) atoms. The van der Waals surface area contributed by atoms with Gasteiger partial charge in [-0.3, -0.25) is 14.3 Å². The van der Waals surface area contributed by atoms with Crippen LogP contribution in [0.25, 0.3) is 0 Å². The Balaban J connectivity index is 2.40. The third kappa shape index (κ3) is 2.48. The molecule has 6 nitrogen and oxygen atoms in total. The van der Waals surface area contributed by atoms with Crippen molar-refractivity contribution in [1.29, 1.82) is 0 Å². The largest absolute Gasteiger partial charge is 0.384 e. The second kappa shape index (κ2) is 4.87. The summed E-state index contributed by atoms with van der Waals surface area (Å²) in [4.78, 5) is 29.5. The molecule has 2 aromatic heterocycles. The number of hydrogen-bond acceptors (Lipinski definition) is 4. The minimum atomic E-state index is -0.443. The van der Waals surface area contributed by atoms with E-state index in [2.05, 4.69) is 9.97 Å². The van der Waals surface area contributed by atoms with Crippen molar-refractivity contribution in [1.82, 2.24) is 14.5 Å². The molecule has 2 rings (SSSR count). The molecule has 0 aliphatic rings. The van der Waals surface area contributed by atoms with Gasteiger partial charge in [-0.25, -0.2) is 9.78 Å². The second-order valence-electron chi connectivity index (χ2n) is 3.95. The number of rotatable bonds is 3. The van der Waals surface area contributed by atoms with E-state index in [0.717, 1.165) is 0 Å². The molecule has 0 aliphatic carbocycles. The van der Waals surface area contributed by atoms with Gasteiger partial charge < -0.3 is 5.73 Å². The second-order valence-corrected chi connectivity index (χ2v) is 3.95. The summed E-state index contributed by atoms with van der Waals surface area (Å²) in [5, 5.41) is 0. The molecule has 2 heterocycles. The first-order chi connectivity index (χ1) is 8.60. The fraction of sp³-hybridized carbons (Fsp3) is 0.250. The highest BCUT2D eigenvalue weighted by Gasteiger charge is 2.04. The van der Waals surface area contributed by atoms with Gasteiger partial charge in [0.25, 0.3) is 5.56 Å². The molecule has 0 amide bonds. The standard InChI is InChI=1S/C12H14N4O2/c1-2-8-6-16(12(18)15-11(8)17)7-9-4-3-5-10(13)14-9/h3-6H,2,7H2,1H3,(H2,13,14)(H,15,17,18). The molecule has 94 valence electrons. The SMILES string of the molecule is CCc1cn(Cc2cccc(N)n2)c(=O)[nH]c1=O. The van der Waals surface area contributed by atoms with Crippen LogP contribution < -0.4 is 17.0 Å². The van der Waals surface area contributed by atoms with Crippen LogP contribution in [0.4, 0.5) is 5.82 Å². The number of aromatic nitrogens is 3. The highest BCUT2D eigenvalue weighted by atomic mass is 16.2. The van der Waals surface area contributed by atoms with E-state index in [-0.39, 0.29) is 12.1 Å². The van der Waals surface area contributed by atoms with E-state index in [4.69, 9.17) is 5.73 Å². The van der Waals surface area contributed by atoms with Crippen LogP contribution in [0, 0.1) is 0 Å². The maximum atomic E-state index is 11.6. The summed E-state index contributed by atoms with van der Waals surface area (Å²) in [5.74, 6) is 0.403. The van der Waals surface area contributed by atoms with Gasteiger partial charge in [0.05, 0.1) is 12.2 Å². The van der Waals surface area contributed by atoms with E-state index in [9.17, 15) is 9.59 Å². The third-order valence-corrected chi connectivity index (χ3v) is 2.63. The van der Waals surface area contributed by atoms with Crippen LogP contribution >= 0.6 is 0 Å². The molecule has 0 unspecified atom stereocenters. The van der Waals surface area contributed by atoms with Crippen LogP contribution in [-0.4, -0.2) is 14.5 Å². The van der Waals surface area contributed by atoms with Crippen molar-refractivity contribution >= 4 is 5.82 Å². The molecule has 0 spiro atoms. The van der Waals surface area contributed by atoms with Crippen LogP contribution in [0.3, 0.4) is 0 Å². The molecule has 0 aromatic carbocycles. The lowest BCUT2D eigenvalue weighted by atomic mass is 10.2. The number of nitrogens with two attached hydrogens (primary N) is 1. The van der Waals surface area contributed by atoms with Crippen molar-refractivity contribution in [2.75, 3.05) is 5.73 Å². The molecule has 0 bridgehead atoms. The maximum Gasteiger partial charge on any atom is 0.328 e. The number of hydrogen-bond donors (Lipinski definition) is 2. The van der Waals surface area contributed by atoms with E-state index < -0.39 is 5.69 Å². The Morgan fingerprint density at radius 2 is 2.17 bits per heavy atom. The number of aromatic amines is 1. The molecule has 0 radical (unpaired) electrons. The molecule has 6 heteroatoms. The molecule has 0 saturated heterocycles. The van der Waals surface area contributed by atoms with E-state index in [1.165, 1.54) is 4.57 Å². The summed E-state index contributed by atoms with van der Waals surface area (Å²) < 4.78 is 1.42. The van der Waals surface area contributed by atoms with Crippen molar-refractivity contribution in [2.45, 2.75) is 19.9 Å². The molecule has 0 aliphatic heterocycles. The summed E-state index contributed by atoms with van der Waals surface area (Å²) in [6, 6.07) is 5.23. The number of pyridine rings is 1. The van der Waals surface area contributed by atoms with Gasteiger partial charge in [-0.15, -0.1) is 0 Å². The number of aryl methyl sites for hydroxylation is 1. The van der Waals surface area contributed by atoms with Gasteiger partial charge in [-0.05, 0) is 18.6 Å². The Labute approximate surface area is 103 Å². The zero-order valence-corrected chi connectivity index (χ0v) is 10.0. The lowest BCUT2D eigenvalue weighted by Gasteiger charge is -2.06. The van der Waals surface area contributed by atoms with E-state index >= 15 is 0 Å². The summed E-state index contributed by atoms with van der Waals surface area (Å²) >= 11 is 0. The highest BCUT2D eigenvalue weighted by molar-refractivity contribution is 5.28.